The number of benzene rings is 1. The number of hydrogen-bond donors (Lipinski definition) is 1. The second kappa shape index (κ2) is 3.31. The van der Waals surface area contributed by atoms with E-state index in [2.05, 4.69) is 33.9 Å². The van der Waals surface area contributed by atoms with Gasteiger partial charge in [0.2, 0.25) is 0 Å². The topological polar surface area (TPSA) is 23.5 Å². The minimum atomic E-state index is 0.109. The summed E-state index contributed by atoms with van der Waals surface area (Å²) in [6, 6.07) is 4.06. The van der Waals surface area contributed by atoms with Crippen LogP contribution in [0.3, 0.4) is 0 Å². The Kier molecular flexibility index (Phi) is 2.30. The molecule has 13 heavy (non-hydrogen) atoms. The molecule has 0 atom stereocenters. The minimum absolute atomic E-state index is 0.109. The Labute approximate surface area is 86.3 Å². The normalized spacial score (nSPS) is 14.8. The number of rotatable bonds is 1. The van der Waals surface area contributed by atoms with Crippen molar-refractivity contribution < 1.29 is 5.11 Å². The van der Waals surface area contributed by atoms with Gasteiger partial charge < -0.3 is 10.0 Å². The monoisotopic (exact) mass is 241 g/mol. The summed E-state index contributed by atoms with van der Waals surface area (Å²) >= 11 is 3.53. The van der Waals surface area contributed by atoms with Crippen LogP contribution >= 0.6 is 15.9 Å². The van der Waals surface area contributed by atoms with Gasteiger partial charge in [-0.1, -0.05) is 22.0 Å². The fourth-order valence-corrected chi connectivity index (χ4v) is 2.44. The van der Waals surface area contributed by atoms with Gasteiger partial charge >= 0.3 is 0 Å². The van der Waals surface area contributed by atoms with Gasteiger partial charge in [-0.05, 0) is 23.6 Å². The standard InChI is InChI=1S/C10H12BrNO/c1-12-5-4-8-9(12)3-2-7(6-13)10(8)11/h2-3,13H,4-6H2,1H3. The van der Waals surface area contributed by atoms with E-state index < -0.39 is 0 Å². The van der Waals surface area contributed by atoms with Crippen LogP contribution in [0.1, 0.15) is 11.1 Å². The first kappa shape index (κ1) is 9.03. The molecule has 1 aromatic rings. The first-order valence-corrected chi connectivity index (χ1v) is 5.15. The maximum absolute atomic E-state index is 9.07. The number of aliphatic hydroxyl groups is 1. The highest BCUT2D eigenvalue weighted by molar-refractivity contribution is 9.10. The van der Waals surface area contributed by atoms with Gasteiger partial charge in [0.25, 0.3) is 0 Å². The van der Waals surface area contributed by atoms with E-state index >= 15 is 0 Å². The van der Waals surface area contributed by atoms with E-state index in [9.17, 15) is 0 Å². The Morgan fingerprint density at radius 1 is 1.54 bits per heavy atom. The van der Waals surface area contributed by atoms with Crippen LogP contribution in [-0.4, -0.2) is 18.7 Å². The molecule has 1 aromatic carbocycles. The average Bonchev–Trinajstić information content (AvgIpc) is 2.50. The van der Waals surface area contributed by atoms with Crippen LogP contribution in [0.5, 0.6) is 0 Å². The SMILES string of the molecule is CN1CCc2c1ccc(CO)c2Br. The van der Waals surface area contributed by atoms with Gasteiger partial charge in [-0.3, -0.25) is 0 Å². The van der Waals surface area contributed by atoms with E-state index in [1.807, 2.05) is 6.07 Å². The summed E-state index contributed by atoms with van der Waals surface area (Å²) in [6.07, 6.45) is 1.07. The number of halogens is 1. The van der Waals surface area contributed by atoms with Gasteiger partial charge in [-0.25, -0.2) is 0 Å². The van der Waals surface area contributed by atoms with Crippen molar-refractivity contribution in [1.82, 2.24) is 0 Å². The summed E-state index contributed by atoms with van der Waals surface area (Å²) < 4.78 is 1.08. The van der Waals surface area contributed by atoms with Crippen molar-refractivity contribution in [2.24, 2.45) is 0 Å². The Balaban J connectivity index is 2.54. The lowest BCUT2D eigenvalue weighted by Crippen LogP contribution is -2.12. The molecule has 2 nitrogen and oxygen atoms in total. The van der Waals surface area contributed by atoms with Crippen LogP contribution in [0.15, 0.2) is 16.6 Å². The summed E-state index contributed by atoms with van der Waals surface area (Å²) in [5, 5.41) is 9.07. The van der Waals surface area contributed by atoms with Crippen LogP contribution < -0.4 is 4.90 Å². The first-order chi connectivity index (χ1) is 6.24. The Hall–Kier alpha value is -0.540. The van der Waals surface area contributed by atoms with Crippen molar-refractivity contribution in [3.63, 3.8) is 0 Å². The van der Waals surface area contributed by atoms with Crippen LogP contribution in [-0.2, 0) is 13.0 Å². The van der Waals surface area contributed by atoms with Crippen LogP contribution in [0.2, 0.25) is 0 Å². The molecule has 0 spiro atoms. The molecular formula is C10H12BrNO. The van der Waals surface area contributed by atoms with Crippen LogP contribution in [0.25, 0.3) is 0 Å². The predicted molar refractivity (Wildman–Crippen MR) is 57.0 cm³/mol. The van der Waals surface area contributed by atoms with Crippen LogP contribution in [0.4, 0.5) is 5.69 Å². The summed E-state index contributed by atoms with van der Waals surface area (Å²) in [5.74, 6) is 0. The summed E-state index contributed by atoms with van der Waals surface area (Å²) in [7, 11) is 2.09. The van der Waals surface area contributed by atoms with Gasteiger partial charge in [0.15, 0.2) is 0 Å². The molecule has 0 radical (unpaired) electrons. The van der Waals surface area contributed by atoms with Crippen molar-refractivity contribution in [3.8, 4) is 0 Å². The molecule has 0 unspecified atom stereocenters. The third-order valence-electron chi connectivity index (χ3n) is 2.58. The molecule has 3 heteroatoms. The zero-order chi connectivity index (χ0) is 9.42. The number of fused-ring (bicyclic) bond motifs is 1. The molecule has 0 amide bonds. The van der Waals surface area contributed by atoms with Crippen molar-refractivity contribution in [3.05, 3.63) is 27.7 Å². The van der Waals surface area contributed by atoms with Gasteiger partial charge in [-0.2, -0.15) is 0 Å². The molecule has 0 bridgehead atoms. The van der Waals surface area contributed by atoms with Crippen molar-refractivity contribution in [2.75, 3.05) is 18.5 Å². The molecule has 1 N–H and O–H groups in total. The smallest absolute Gasteiger partial charge is 0.0692 e. The molecular weight excluding hydrogens is 230 g/mol. The predicted octanol–water partition coefficient (Wildman–Crippen LogP) is 1.93. The van der Waals surface area contributed by atoms with Gasteiger partial charge in [0.1, 0.15) is 0 Å². The Bertz CT molecular complexity index is 338. The summed E-state index contributed by atoms with van der Waals surface area (Å²) in [4.78, 5) is 2.24. The highest BCUT2D eigenvalue weighted by atomic mass is 79.9. The van der Waals surface area contributed by atoms with E-state index in [0.717, 1.165) is 23.0 Å². The summed E-state index contributed by atoms with van der Waals surface area (Å²) in [6.45, 7) is 1.18. The molecule has 1 heterocycles. The first-order valence-electron chi connectivity index (χ1n) is 4.36. The largest absolute Gasteiger partial charge is 0.392 e. The van der Waals surface area contributed by atoms with Crippen molar-refractivity contribution in [1.29, 1.82) is 0 Å². The molecule has 70 valence electrons. The lowest BCUT2D eigenvalue weighted by atomic mass is 10.1. The fraction of sp³-hybridized carbons (Fsp3) is 0.400. The Morgan fingerprint density at radius 3 is 3.00 bits per heavy atom. The molecule has 0 fully saturated rings. The van der Waals surface area contributed by atoms with E-state index in [-0.39, 0.29) is 6.61 Å². The maximum atomic E-state index is 9.07. The highest BCUT2D eigenvalue weighted by Crippen LogP contribution is 2.34. The van der Waals surface area contributed by atoms with Gasteiger partial charge in [-0.15, -0.1) is 0 Å². The number of nitrogens with zero attached hydrogens (tertiary/aromatic N) is 1. The third-order valence-corrected chi connectivity index (χ3v) is 3.57. The molecule has 0 saturated heterocycles. The van der Waals surface area contributed by atoms with Gasteiger partial charge in [0.05, 0.1) is 6.61 Å². The second-order valence-electron chi connectivity index (χ2n) is 3.37. The zero-order valence-electron chi connectivity index (χ0n) is 7.55. The molecule has 1 aliphatic rings. The quantitative estimate of drug-likeness (QED) is 0.813. The van der Waals surface area contributed by atoms with E-state index in [0.29, 0.717) is 0 Å². The number of likely N-dealkylation sites (N-methyl/N-ethyl adjacent to an activating group) is 1. The highest BCUT2D eigenvalue weighted by Gasteiger charge is 2.19. The minimum Gasteiger partial charge on any atom is -0.392 e. The van der Waals surface area contributed by atoms with E-state index in [4.69, 9.17) is 5.11 Å². The molecule has 0 aliphatic carbocycles. The number of anilines is 1. The van der Waals surface area contributed by atoms with Crippen molar-refractivity contribution >= 4 is 21.6 Å². The second-order valence-corrected chi connectivity index (χ2v) is 4.16. The summed E-state index contributed by atoms with van der Waals surface area (Å²) in [5.41, 5.74) is 3.59. The van der Waals surface area contributed by atoms with Gasteiger partial charge in [0, 0.05) is 23.8 Å². The van der Waals surface area contributed by atoms with E-state index in [1.54, 1.807) is 0 Å². The Morgan fingerprint density at radius 2 is 2.31 bits per heavy atom. The average molecular weight is 242 g/mol. The maximum Gasteiger partial charge on any atom is 0.0692 e. The fourth-order valence-electron chi connectivity index (χ4n) is 1.78. The molecule has 0 saturated carbocycles. The zero-order valence-corrected chi connectivity index (χ0v) is 9.13. The molecule has 1 aliphatic heterocycles. The van der Waals surface area contributed by atoms with E-state index in [1.165, 1.54) is 11.3 Å². The lowest BCUT2D eigenvalue weighted by molar-refractivity contribution is 0.281. The molecule has 2 rings (SSSR count). The number of aliphatic hydroxyl groups excluding tert-OH is 1. The lowest BCUT2D eigenvalue weighted by Gasteiger charge is -2.13. The molecule has 0 aromatic heterocycles. The van der Waals surface area contributed by atoms with Crippen LogP contribution in [0, 0.1) is 0 Å². The van der Waals surface area contributed by atoms with Crippen molar-refractivity contribution in [2.45, 2.75) is 13.0 Å². The number of hydrogen-bond acceptors (Lipinski definition) is 2. The third kappa shape index (κ3) is 1.36.